The molecule has 0 amide bonds. The van der Waals surface area contributed by atoms with Crippen molar-refractivity contribution in [2.24, 2.45) is 0 Å². The van der Waals surface area contributed by atoms with Crippen LogP contribution in [0.4, 0.5) is 5.69 Å². The molecule has 1 aliphatic rings. The molecule has 0 aliphatic heterocycles. The Labute approximate surface area is 97.8 Å². The Morgan fingerprint density at radius 1 is 1.31 bits per heavy atom. The van der Waals surface area contributed by atoms with Crippen LogP contribution in [0.15, 0.2) is 36.7 Å². The van der Waals surface area contributed by atoms with Crippen molar-refractivity contribution in [2.45, 2.75) is 38.6 Å². The summed E-state index contributed by atoms with van der Waals surface area (Å²) < 4.78 is 0. The zero-order chi connectivity index (χ0) is 11.4. The van der Waals surface area contributed by atoms with E-state index in [4.69, 9.17) is 0 Å². The fourth-order valence-corrected chi connectivity index (χ4v) is 2.25. The maximum atomic E-state index is 4.02. The molecule has 0 atom stereocenters. The Morgan fingerprint density at radius 3 is 2.75 bits per heavy atom. The van der Waals surface area contributed by atoms with Crippen molar-refractivity contribution >= 4 is 5.69 Å². The van der Waals surface area contributed by atoms with E-state index in [0.717, 1.165) is 11.5 Å². The molecule has 1 saturated carbocycles. The first-order valence-corrected chi connectivity index (χ1v) is 6.03. The molecule has 2 rings (SSSR count). The highest BCUT2D eigenvalue weighted by Gasteiger charge is 2.14. The van der Waals surface area contributed by atoms with E-state index < -0.39 is 0 Å². The Balaban J connectivity index is 1.86. The predicted octanol–water partition coefficient (Wildman–Crippen LogP) is 3.41. The van der Waals surface area contributed by atoms with Gasteiger partial charge >= 0.3 is 0 Å². The first-order chi connectivity index (χ1) is 7.74. The standard InChI is InChI=1S/C14H20N2/c1-11-6-5-9-14(10-11)16-12(2)15-13-7-3-4-8-13/h5-6,9-10,13,15-16H,2-4,7-8H2,1H3. The van der Waals surface area contributed by atoms with Gasteiger partial charge in [0.05, 0.1) is 5.82 Å². The summed E-state index contributed by atoms with van der Waals surface area (Å²) in [7, 11) is 0. The second kappa shape index (κ2) is 5.06. The van der Waals surface area contributed by atoms with Crippen molar-refractivity contribution in [1.82, 2.24) is 5.32 Å². The second-order valence-corrected chi connectivity index (χ2v) is 4.60. The molecule has 0 bridgehead atoms. The lowest BCUT2D eigenvalue weighted by Crippen LogP contribution is -2.28. The number of anilines is 1. The van der Waals surface area contributed by atoms with E-state index in [9.17, 15) is 0 Å². The van der Waals surface area contributed by atoms with Crippen molar-refractivity contribution in [1.29, 1.82) is 0 Å². The monoisotopic (exact) mass is 216 g/mol. The van der Waals surface area contributed by atoms with Crippen LogP contribution in [0.25, 0.3) is 0 Å². The van der Waals surface area contributed by atoms with Crippen LogP contribution in [-0.4, -0.2) is 6.04 Å². The molecule has 86 valence electrons. The number of hydrogen-bond donors (Lipinski definition) is 2. The van der Waals surface area contributed by atoms with Gasteiger partial charge in [-0.2, -0.15) is 0 Å². The van der Waals surface area contributed by atoms with E-state index in [2.05, 4.69) is 48.4 Å². The Hall–Kier alpha value is -1.44. The molecule has 0 unspecified atom stereocenters. The van der Waals surface area contributed by atoms with Crippen LogP contribution in [0.1, 0.15) is 31.2 Å². The van der Waals surface area contributed by atoms with E-state index in [1.54, 1.807) is 0 Å². The van der Waals surface area contributed by atoms with Crippen molar-refractivity contribution in [2.75, 3.05) is 5.32 Å². The summed E-state index contributed by atoms with van der Waals surface area (Å²) in [5.41, 5.74) is 2.37. The van der Waals surface area contributed by atoms with Gasteiger partial charge in [0.25, 0.3) is 0 Å². The maximum Gasteiger partial charge on any atom is 0.0959 e. The lowest BCUT2D eigenvalue weighted by atomic mass is 10.2. The third kappa shape index (κ3) is 3.02. The Kier molecular flexibility index (Phi) is 3.50. The first kappa shape index (κ1) is 11.1. The van der Waals surface area contributed by atoms with E-state index in [-0.39, 0.29) is 0 Å². The van der Waals surface area contributed by atoms with Crippen LogP contribution >= 0.6 is 0 Å². The van der Waals surface area contributed by atoms with Crippen LogP contribution in [-0.2, 0) is 0 Å². The highest BCUT2D eigenvalue weighted by Crippen LogP contribution is 2.19. The minimum Gasteiger partial charge on any atom is -0.369 e. The van der Waals surface area contributed by atoms with E-state index in [0.29, 0.717) is 6.04 Å². The first-order valence-electron chi connectivity index (χ1n) is 6.03. The second-order valence-electron chi connectivity index (χ2n) is 4.60. The smallest absolute Gasteiger partial charge is 0.0959 e. The molecule has 0 aromatic heterocycles. The molecule has 2 N–H and O–H groups in total. The van der Waals surface area contributed by atoms with Gasteiger partial charge in [0, 0.05) is 11.7 Å². The molecular weight excluding hydrogens is 196 g/mol. The predicted molar refractivity (Wildman–Crippen MR) is 69.3 cm³/mol. The molecule has 2 heteroatoms. The molecule has 1 aromatic rings. The molecule has 16 heavy (non-hydrogen) atoms. The average molecular weight is 216 g/mol. The van der Waals surface area contributed by atoms with Gasteiger partial charge in [-0.25, -0.2) is 0 Å². The Morgan fingerprint density at radius 2 is 2.06 bits per heavy atom. The zero-order valence-corrected chi connectivity index (χ0v) is 9.92. The number of nitrogens with one attached hydrogen (secondary N) is 2. The maximum absolute atomic E-state index is 4.02. The number of aryl methyl sites for hydroxylation is 1. The largest absolute Gasteiger partial charge is 0.369 e. The summed E-state index contributed by atoms with van der Waals surface area (Å²) in [6.45, 7) is 6.12. The van der Waals surface area contributed by atoms with Crippen molar-refractivity contribution < 1.29 is 0 Å². The summed E-state index contributed by atoms with van der Waals surface area (Å²) in [5.74, 6) is 0.914. The van der Waals surface area contributed by atoms with Gasteiger partial charge < -0.3 is 10.6 Å². The fourth-order valence-electron chi connectivity index (χ4n) is 2.25. The Bertz CT molecular complexity index is 365. The highest BCUT2D eigenvalue weighted by atomic mass is 15.1. The van der Waals surface area contributed by atoms with Crippen LogP contribution in [0.2, 0.25) is 0 Å². The quantitative estimate of drug-likeness (QED) is 0.806. The third-order valence-electron chi connectivity index (χ3n) is 3.05. The summed E-state index contributed by atoms with van der Waals surface area (Å²) >= 11 is 0. The molecule has 0 radical (unpaired) electrons. The summed E-state index contributed by atoms with van der Waals surface area (Å²) in [6.07, 6.45) is 5.23. The topological polar surface area (TPSA) is 24.1 Å². The lowest BCUT2D eigenvalue weighted by Gasteiger charge is -2.17. The SMILES string of the molecule is C=C(Nc1cccc(C)c1)NC1CCCC1. The summed E-state index contributed by atoms with van der Waals surface area (Å²) in [6, 6.07) is 8.96. The zero-order valence-electron chi connectivity index (χ0n) is 9.92. The minimum atomic E-state index is 0.616. The third-order valence-corrected chi connectivity index (χ3v) is 3.05. The normalized spacial score (nSPS) is 16.1. The van der Waals surface area contributed by atoms with Crippen LogP contribution in [0, 0.1) is 6.92 Å². The van der Waals surface area contributed by atoms with Crippen LogP contribution in [0.5, 0.6) is 0 Å². The van der Waals surface area contributed by atoms with E-state index >= 15 is 0 Å². The number of benzene rings is 1. The van der Waals surface area contributed by atoms with E-state index in [1.807, 2.05) is 0 Å². The van der Waals surface area contributed by atoms with Crippen LogP contribution < -0.4 is 10.6 Å². The van der Waals surface area contributed by atoms with Gasteiger partial charge in [0.1, 0.15) is 0 Å². The number of rotatable bonds is 4. The fraction of sp³-hybridized carbons (Fsp3) is 0.429. The molecule has 0 spiro atoms. The summed E-state index contributed by atoms with van der Waals surface area (Å²) in [5, 5.41) is 6.75. The molecule has 2 nitrogen and oxygen atoms in total. The van der Waals surface area contributed by atoms with Gasteiger partial charge in [-0.05, 0) is 37.5 Å². The molecule has 1 aliphatic carbocycles. The van der Waals surface area contributed by atoms with E-state index in [1.165, 1.54) is 31.2 Å². The molecule has 0 saturated heterocycles. The number of hydrogen-bond acceptors (Lipinski definition) is 2. The molecule has 1 aromatic carbocycles. The van der Waals surface area contributed by atoms with Gasteiger partial charge in [-0.3, -0.25) is 0 Å². The molecule has 1 fully saturated rings. The van der Waals surface area contributed by atoms with Crippen molar-refractivity contribution in [3.05, 3.63) is 42.2 Å². The molecular formula is C14H20N2. The lowest BCUT2D eigenvalue weighted by molar-refractivity contribution is 0.588. The van der Waals surface area contributed by atoms with Crippen LogP contribution in [0.3, 0.4) is 0 Å². The summed E-state index contributed by atoms with van der Waals surface area (Å²) in [4.78, 5) is 0. The van der Waals surface area contributed by atoms with Crippen molar-refractivity contribution in [3.63, 3.8) is 0 Å². The highest BCUT2D eigenvalue weighted by molar-refractivity contribution is 5.49. The molecule has 0 heterocycles. The van der Waals surface area contributed by atoms with Gasteiger partial charge in [0.2, 0.25) is 0 Å². The van der Waals surface area contributed by atoms with Gasteiger partial charge in [0.15, 0.2) is 0 Å². The van der Waals surface area contributed by atoms with Gasteiger partial charge in [-0.15, -0.1) is 0 Å². The van der Waals surface area contributed by atoms with Crippen molar-refractivity contribution in [3.8, 4) is 0 Å². The minimum absolute atomic E-state index is 0.616. The van der Waals surface area contributed by atoms with Gasteiger partial charge in [-0.1, -0.05) is 31.6 Å². The average Bonchev–Trinajstić information content (AvgIpc) is 2.70.